The molecule has 1 aliphatic carbocycles. The Bertz CT molecular complexity index is 439. The SMILES string of the molecule is CCCN1CCN(c2cc(Br)nc(C3CC3)n2)CC1. The zero-order valence-electron chi connectivity index (χ0n) is 11.5. The molecule has 1 saturated carbocycles. The maximum absolute atomic E-state index is 4.76. The molecule has 1 aliphatic heterocycles. The second kappa shape index (κ2) is 5.75. The van der Waals surface area contributed by atoms with E-state index in [1.165, 1.54) is 25.8 Å². The van der Waals surface area contributed by atoms with Crippen LogP contribution in [0.15, 0.2) is 10.7 Å². The molecule has 0 radical (unpaired) electrons. The summed E-state index contributed by atoms with van der Waals surface area (Å²) in [5.74, 6) is 2.73. The van der Waals surface area contributed by atoms with E-state index in [1.807, 2.05) is 0 Å². The first-order valence-electron chi connectivity index (χ1n) is 7.28. The van der Waals surface area contributed by atoms with Crippen molar-refractivity contribution in [2.24, 2.45) is 0 Å². The van der Waals surface area contributed by atoms with E-state index in [4.69, 9.17) is 4.98 Å². The molecule has 0 atom stereocenters. The molecule has 1 aromatic heterocycles. The van der Waals surface area contributed by atoms with Gasteiger partial charge in [-0.15, -0.1) is 0 Å². The Morgan fingerprint density at radius 1 is 1.21 bits per heavy atom. The molecule has 19 heavy (non-hydrogen) atoms. The van der Waals surface area contributed by atoms with Crippen LogP contribution in [-0.2, 0) is 0 Å². The van der Waals surface area contributed by atoms with Crippen LogP contribution in [0.2, 0.25) is 0 Å². The molecular formula is C14H21BrN4. The van der Waals surface area contributed by atoms with Gasteiger partial charge in [0.15, 0.2) is 0 Å². The summed E-state index contributed by atoms with van der Waals surface area (Å²) in [6.07, 6.45) is 3.74. The molecule has 0 unspecified atom stereocenters. The number of rotatable bonds is 4. The molecule has 1 saturated heterocycles. The lowest BCUT2D eigenvalue weighted by molar-refractivity contribution is 0.258. The summed E-state index contributed by atoms with van der Waals surface area (Å²) in [7, 11) is 0. The summed E-state index contributed by atoms with van der Waals surface area (Å²) in [6, 6.07) is 2.06. The summed E-state index contributed by atoms with van der Waals surface area (Å²) in [4.78, 5) is 14.2. The van der Waals surface area contributed by atoms with Gasteiger partial charge in [0, 0.05) is 38.2 Å². The average Bonchev–Trinajstić information content (AvgIpc) is 3.23. The molecule has 0 aromatic carbocycles. The van der Waals surface area contributed by atoms with Crippen LogP contribution in [0.3, 0.4) is 0 Å². The van der Waals surface area contributed by atoms with E-state index in [1.54, 1.807) is 0 Å². The Morgan fingerprint density at radius 2 is 1.95 bits per heavy atom. The third-order valence-electron chi connectivity index (χ3n) is 3.88. The van der Waals surface area contributed by atoms with Crippen LogP contribution >= 0.6 is 15.9 Å². The van der Waals surface area contributed by atoms with Crippen molar-refractivity contribution in [1.29, 1.82) is 0 Å². The first kappa shape index (κ1) is 13.3. The van der Waals surface area contributed by atoms with Gasteiger partial charge in [0.25, 0.3) is 0 Å². The summed E-state index contributed by atoms with van der Waals surface area (Å²) in [5.41, 5.74) is 0. The van der Waals surface area contributed by atoms with E-state index in [-0.39, 0.29) is 0 Å². The molecule has 3 rings (SSSR count). The Balaban J connectivity index is 1.69. The number of nitrogens with zero attached hydrogens (tertiary/aromatic N) is 4. The van der Waals surface area contributed by atoms with Crippen LogP contribution in [0.5, 0.6) is 0 Å². The Morgan fingerprint density at radius 3 is 2.58 bits per heavy atom. The highest BCUT2D eigenvalue weighted by atomic mass is 79.9. The fourth-order valence-corrected chi connectivity index (χ4v) is 3.01. The van der Waals surface area contributed by atoms with Gasteiger partial charge < -0.3 is 4.90 Å². The van der Waals surface area contributed by atoms with Crippen LogP contribution in [0, 0.1) is 0 Å². The molecule has 1 aromatic rings. The number of hydrogen-bond donors (Lipinski definition) is 0. The number of anilines is 1. The van der Waals surface area contributed by atoms with E-state index >= 15 is 0 Å². The minimum atomic E-state index is 0.609. The van der Waals surface area contributed by atoms with Crippen molar-refractivity contribution >= 4 is 21.7 Å². The third kappa shape index (κ3) is 3.26. The van der Waals surface area contributed by atoms with Crippen molar-refractivity contribution in [2.75, 3.05) is 37.6 Å². The number of hydrogen-bond acceptors (Lipinski definition) is 4. The van der Waals surface area contributed by atoms with Crippen molar-refractivity contribution in [3.05, 3.63) is 16.5 Å². The van der Waals surface area contributed by atoms with Gasteiger partial charge in [-0.25, -0.2) is 9.97 Å². The summed E-state index contributed by atoms with van der Waals surface area (Å²) < 4.78 is 0.926. The van der Waals surface area contributed by atoms with Crippen LogP contribution in [0.4, 0.5) is 5.82 Å². The predicted octanol–water partition coefficient (Wildman–Crippen LogP) is 2.65. The summed E-state index contributed by atoms with van der Waals surface area (Å²) >= 11 is 3.52. The van der Waals surface area contributed by atoms with E-state index in [0.29, 0.717) is 5.92 Å². The quantitative estimate of drug-likeness (QED) is 0.797. The first-order valence-corrected chi connectivity index (χ1v) is 8.07. The van der Waals surface area contributed by atoms with Crippen LogP contribution in [0.25, 0.3) is 0 Å². The molecule has 5 heteroatoms. The summed E-state index contributed by atoms with van der Waals surface area (Å²) in [5, 5.41) is 0. The average molecular weight is 325 g/mol. The van der Waals surface area contributed by atoms with Crippen molar-refractivity contribution < 1.29 is 0 Å². The molecule has 104 valence electrons. The minimum absolute atomic E-state index is 0.609. The molecule has 2 heterocycles. The lowest BCUT2D eigenvalue weighted by Gasteiger charge is -2.35. The molecular weight excluding hydrogens is 304 g/mol. The van der Waals surface area contributed by atoms with E-state index < -0.39 is 0 Å². The number of piperazine rings is 1. The Labute approximate surface area is 123 Å². The van der Waals surface area contributed by atoms with Gasteiger partial charge in [-0.1, -0.05) is 6.92 Å². The van der Waals surface area contributed by atoms with Crippen molar-refractivity contribution in [2.45, 2.75) is 32.1 Å². The van der Waals surface area contributed by atoms with Gasteiger partial charge in [-0.3, -0.25) is 4.90 Å². The van der Waals surface area contributed by atoms with E-state index in [0.717, 1.165) is 42.4 Å². The van der Waals surface area contributed by atoms with Gasteiger partial charge in [0.05, 0.1) is 0 Å². The maximum atomic E-state index is 4.76. The van der Waals surface area contributed by atoms with Crippen LogP contribution < -0.4 is 4.90 Å². The molecule has 2 aliphatic rings. The summed E-state index contributed by atoms with van der Waals surface area (Å²) in [6.45, 7) is 7.91. The molecule has 4 nitrogen and oxygen atoms in total. The van der Waals surface area contributed by atoms with Gasteiger partial charge in [0.2, 0.25) is 0 Å². The smallest absolute Gasteiger partial charge is 0.135 e. The monoisotopic (exact) mass is 324 g/mol. The van der Waals surface area contributed by atoms with Gasteiger partial charge >= 0.3 is 0 Å². The Hall–Kier alpha value is -0.680. The standard InChI is InChI=1S/C14H21BrN4/c1-2-5-18-6-8-19(9-7-18)13-10-12(15)16-14(17-13)11-3-4-11/h10-11H,2-9H2,1H3. The highest BCUT2D eigenvalue weighted by molar-refractivity contribution is 9.10. The van der Waals surface area contributed by atoms with Gasteiger partial charge in [0.1, 0.15) is 16.2 Å². The second-order valence-corrected chi connectivity index (χ2v) is 6.32. The van der Waals surface area contributed by atoms with Crippen molar-refractivity contribution in [3.63, 3.8) is 0 Å². The van der Waals surface area contributed by atoms with Gasteiger partial charge in [-0.2, -0.15) is 0 Å². The number of aromatic nitrogens is 2. The van der Waals surface area contributed by atoms with Crippen molar-refractivity contribution in [1.82, 2.24) is 14.9 Å². The van der Waals surface area contributed by atoms with Crippen LogP contribution in [0.1, 0.15) is 37.9 Å². The molecule has 0 bridgehead atoms. The minimum Gasteiger partial charge on any atom is -0.354 e. The lowest BCUT2D eigenvalue weighted by atomic mass is 10.3. The van der Waals surface area contributed by atoms with Crippen molar-refractivity contribution in [3.8, 4) is 0 Å². The second-order valence-electron chi connectivity index (χ2n) is 5.51. The van der Waals surface area contributed by atoms with E-state index in [9.17, 15) is 0 Å². The first-order chi connectivity index (χ1) is 9.26. The van der Waals surface area contributed by atoms with Crippen LogP contribution in [-0.4, -0.2) is 47.6 Å². The molecule has 0 amide bonds. The maximum Gasteiger partial charge on any atom is 0.135 e. The fourth-order valence-electron chi connectivity index (χ4n) is 2.63. The Kier molecular flexibility index (Phi) is 4.03. The van der Waals surface area contributed by atoms with E-state index in [2.05, 4.69) is 43.7 Å². The normalized spacial score (nSPS) is 20.8. The lowest BCUT2D eigenvalue weighted by Crippen LogP contribution is -2.46. The fraction of sp³-hybridized carbons (Fsp3) is 0.714. The molecule has 2 fully saturated rings. The third-order valence-corrected chi connectivity index (χ3v) is 4.28. The highest BCUT2D eigenvalue weighted by Crippen LogP contribution is 2.39. The van der Waals surface area contributed by atoms with Gasteiger partial charge in [-0.05, 0) is 41.7 Å². The molecule has 0 N–H and O–H groups in total. The molecule has 0 spiro atoms. The zero-order valence-corrected chi connectivity index (χ0v) is 13.1. The predicted molar refractivity (Wildman–Crippen MR) is 80.7 cm³/mol. The number of halogens is 1. The highest BCUT2D eigenvalue weighted by Gasteiger charge is 2.28. The topological polar surface area (TPSA) is 32.3 Å². The zero-order chi connectivity index (χ0) is 13.2. The largest absolute Gasteiger partial charge is 0.354 e.